The summed E-state index contributed by atoms with van der Waals surface area (Å²) in [6.07, 6.45) is -4.42. The van der Waals surface area contributed by atoms with Crippen LogP contribution in [0.4, 0.5) is 13.2 Å². The van der Waals surface area contributed by atoms with E-state index in [4.69, 9.17) is 11.0 Å². The Kier molecular flexibility index (Phi) is 2.73. The largest absolute Gasteiger partial charge is 0.416 e. The van der Waals surface area contributed by atoms with Gasteiger partial charge < -0.3 is 5.73 Å². The second kappa shape index (κ2) is 3.55. The van der Waals surface area contributed by atoms with Crippen molar-refractivity contribution in [3.8, 4) is 6.07 Å². The van der Waals surface area contributed by atoms with Crippen LogP contribution in [0.15, 0.2) is 24.3 Å². The Balaban J connectivity index is 3.22. The molecule has 0 aliphatic heterocycles. The van der Waals surface area contributed by atoms with Crippen molar-refractivity contribution in [3.63, 3.8) is 0 Å². The molecule has 1 unspecified atom stereocenters. The summed E-state index contributed by atoms with van der Waals surface area (Å²) < 4.78 is 37.0. The van der Waals surface area contributed by atoms with E-state index in [1.807, 2.05) is 0 Å². The van der Waals surface area contributed by atoms with Crippen molar-refractivity contribution in [1.29, 1.82) is 5.26 Å². The maximum absolute atomic E-state index is 12.3. The number of benzene rings is 1. The predicted octanol–water partition coefficient (Wildman–Crippen LogP) is 2.40. The van der Waals surface area contributed by atoms with Crippen molar-refractivity contribution < 1.29 is 13.2 Å². The van der Waals surface area contributed by atoms with Gasteiger partial charge in [-0.05, 0) is 24.6 Å². The summed E-state index contributed by atoms with van der Waals surface area (Å²) in [4.78, 5) is 0. The van der Waals surface area contributed by atoms with Crippen LogP contribution in [0, 0.1) is 11.3 Å². The highest BCUT2D eigenvalue weighted by molar-refractivity contribution is 5.34. The van der Waals surface area contributed by atoms with Crippen LogP contribution in [0.3, 0.4) is 0 Å². The molecule has 1 aromatic rings. The van der Waals surface area contributed by atoms with Crippen molar-refractivity contribution in [2.24, 2.45) is 5.73 Å². The van der Waals surface area contributed by atoms with E-state index >= 15 is 0 Å². The fourth-order valence-electron chi connectivity index (χ4n) is 1.08. The summed E-state index contributed by atoms with van der Waals surface area (Å²) >= 11 is 0. The third-order valence-corrected chi connectivity index (χ3v) is 2.02. The first-order valence-electron chi connectivity index (χ1n) is 4.15. The van der Waals surface area contributed by atoms with Crippen molar-refractivity contribution in [2.45, 2.75) is 18.6 Å². The van der Waals surface area contributed by atoms with Gasteiger partial charge in [-0.2, -0.15) is 18.4 Å². The molecule has 0 fully saturated rings. The fourth-order valence-corrected chi connectivity index (χ4v) is 1.08. The highest BCUT2D eigenvalue weighted by Crippen LogP contribution is 2.31. The first-order valence-corrected chi connectivity index (χ1v) is 4.15. The van der Waals surface area contributed by atoms with Crippen molar-refractivity contribution in [3.05, 3.63) is 35.4 Å². The van der Waals surface area contributed by atoms with E-state index in [1.54, 1.807) is 6.07 Å². The molecule has 0 saturated heterocycles. The summed E-state index contributed by atoms with van der Waals surface area (Å²) in [7, 11) is 0. The van der Waals surface area contributed by atoms with E-state index in [0.29, 0.717) is 0 Å². The van der Waals surface area contributed by atoms with Crippen molar-refractivity contribution >= 4 is 0 Å². The molecule has 2 N–H and O–H groups in total. The molecule has 0 radical (unpaired) electrons. The lowest BCUT2D eigenvalue weighted by molar-refractivity contribution is -0.137. The molecule has 5 heteroatoms. The summed E-state index contributed by atoms with van der Waals surface area (Å²) in [6, 6.07) is 6.22. The minimum absolute atomic E-state index is 0.153. The minimum Gasteiger partial charge on any atom is -0.310 e. The van der Waals surface area contributed by atoms with Crippen LogP contribution in [0.2, 0.25) is 0 Å². The normalized spacial score (nSPS) is 15.5. The average Bonchev–Trinajstić information content (AvgIpc) is 2.17. The van der Waals surface area contributed by atoms with Gasteiger partial charge in [-0.1, -0.05) is 12.1 Å². The molecule has 1 aromatic carbocycles. The SMILES string of the molecule is CC(N)(C#N)c1cccc(C(F)(F)F)c1. The number of hydrogen-bond donors (Lipinski definition) is 1. The van der Waals surface area contributed by atoms with E-state index in [9.17, 15) is 13.2 Å². The number of alkyl halides is 3. The topological polar surface area (TPSA) is 49.8 Å². The molecule has 0 aliphatic carbocycles. The van der Waals surface area contributed by atoms with E-state index < -0.39 is 17.3 Å². The molecular formula is C10H9F3N2. The van der Waals surface area contributed by atoms with E-state index in [1.165, 1.54) is 19.1 Å². The number of halogens is 3. The fraction of sp³-hybridized carbons (Fsp3) is 0.300. The minimum atomic E-state index is -4.42. The monoisotopic (exact) mass is 214 g/mol. The number of rotatable bonds is 1. The van der Waals surface area contributed by atoms with Gasteiger partial charge in [0.25, 0.3) is 0 Å². The van der Waals surface area contributed by atoms with Gasteiger partial charge in [-0.3, -0.25) is 0 Å². The van der Waals surface area contributed by atoms with Crippen LogP contribution < -0.4 is 5.73 Å². The molecule has 2 nitrogen and oxygen atoms in total. The number of nitrogens with zero attached hydrogens (tertiary/aromatic N) is 1. The van der Waals surface area contributed by atoms with Gasteiger partial charge in [0.1, 0.15) is 5.54 Å². The van der Waals surface area contributed by atoms with Crippen molar-refractivity contribution in [2.75, 3.05) is 0 Å². The molecule has 80 valence electrons. The third-order valence-electron chi connectivity index (χ3n) is 2.02. The zero-order chi connectivity index (χ0) is 11.7. The van der Waals surface area contributed by atoms with Gasteiger partial charge in [-0.15, -0.1) is 0 Å². The van der Waals surface area contributed by atoms with Gasteiger partial charge in [-0.25, -0.2) is 0 Å². The molecule has 1 rings (SSSR count). The van der Waals surface area contributed by atoms with Crippen LogP contribution in [0.25, 0.3) is 0 Å². The average molecular weight is 214 g/mol. The Hall–Kier alpha value is -1.54. The van der Waals surface area contributed by atoms with Crippen LogP contribution in [-0.2, 0) is 11.7 Å². The van der Waals surface area contributed by atoms with E-state index in [2.05, 4.69) is 0 Å². The summed E-state index contributed by atoms with van der Waals surface area (Å²) in [5.74, 6) is 0. The highest BCUT2D eigenvalue weighted by atomic mass is 19.4. The number of hydrogen-bond acceptors (Lipinski definition) is 2. The molecule has 1 atom stereocenters. The van der Waals surface area contributed by atoms with Gasteiger partial charge in [0.05, 0.1) is 11.6 Å². The molecule has 15 heavy (non-hydrogen) atoms. The first kappa shape index (κ1) is 11.5. The Bertz CT molecular complexity index is 402. The van der Waals surface area contributed by atoms with Crippen LogP contribution in [-0.4, -0.2) is 0 Å². The third kappa shape index (κ3) is 2.48. The Labute approximate surface area is 85.1 Å². The molecule has 0 aromatic heterocycles. The van der Waals surface area contributed by atoms with Gasteiger partial charge >= 0.3 is 6.18 Å². The smallest absolute Gasteiger partial charge is 0.310 e. The zero-order valence-electron chi connectivity index (χ0n) is 7.97. The lowest BCUT2D eigenvalue weighted by Crippen LogP contribution is -2.31. The first-order chi connectivity index (χ1) is 6.77. The number of nitriles is 1. The standard InChI is InChI=1S/C10H9F3N2/c1-9(15,6-14)7-3-2-4-8(5-7)10(11,12)13/h2-5H,15H2,1H3. The van der Waals surface area contributed by atoms with Crippen LogP contribution in [0.5, 0.6) is 0 Å². The lowest BCUT2D eigenvalue weighted by atomic mass is 9.93. The molecule has 0 amide bonds. The molecule has 0 spiro atoms. The number of nitrogens with two attached hydrogens (primary N) is 1. The Morgan fingerprint density at radius 2 is 1.80 bits per heavy atom. The summed E-state index contributed by atoms with van der Waals surface area (Å²) in [6.45, 7) is 1.36. The predicted molar refractivity (Wildman–Crippen MR) is 48.6 cm³/mol. The second-order valence-corrected chi connectivity index (χ2v) is 3.39. The second-order valence-electron chi connectivity index (χ2n) is 3.39. The van der Waals surface area contributed by atoms with Gasteiger partial charge in [0, 0.05) is 0 Å². The molecule has 0 aliphatic rings. The van der Waals surface area contributed by atoms with Crippen LogP contribution in [0.1, 0.15) is 18.1 Å². The zero-order valence-corrected chi connectivity index (χ0v) is 7.97. The maximum Gasteiger partial charge on any atom is 0.416 e. The quantitative estimate of drug-likeness (QED) is 0.780. The lowest BCUT2D eigenvalue weighted by Gasteiger charge is -2.17. The molecular weight excluding hydrogens is 205 g/mol. The Morgan fingerprint density at radius 3 is 2.27 bits per heavy atom. The summed E-state index contributed by atoms with van der Waals surface area (Å²) in [5, 5.41) is 8.68. The van der Waals surface area contributed by atoms with Crippen LogP contribution >= 0.6 is 0 Å². The Morgan fingerprint density at radius 1 is 1.27 bits per heavy atom. The summed E-state index contributed by atoms with van der Waals surface area (Å²) in [5.41, 5.74) is 3.47. The highest BCUT2D eigenvalue weighted by Gasteiger charge is 2.32. The van der Waals surface area contributed by atoms with Gasteiger partial charge in [0.2, 0.25) is 0 Å². The molecule has 0 saturated carbocycles. The molecule has 0 heterocycles. The van der Waals surface area contributed by atoms with E-state index in [0.717, 1.165) is 12.1 Å². The van der Waals surface area contributed by atoms with Gasteiger partial charge in [0.15, 0.2) is 0 Å². The van der Waals surface area contributed by atoms with Crippen molar-refractivity contribution in [1.82, 2.24) is 0 Å². The maximum atomic E-state index is 12.3. The van der Waals surface area contributed by atoms with E-state index in [-0.39, 0.29) is 5.56 Å². The molecule has 0 bridgehead atoms.